The molecule has 1 aromatic carbocycles. The summed E-state index contributed by atoms with van der Waals surface area (Å²) in [5.41, 5.74) is 1.16. The van der Waals surface area contributed by atoms with Crippen molar-refractivity contribution in [3.05, 3.63) is 28.2 Å². The Morgan fingerprint density at radius 3 is 2.81 bits per heavy atom. The molecule has 0 spiro atoms. The Kier molecular flexibility index (Phi) is 8.92. The Bertz CT molecular complexity index is 415. The maximum Gasteiger partial charge on any atom is 0.133 e. The first kappa shape index (κ1) is 18.4. The van der Waals surface area contributed by atoms with Crippen molar-refractivity contribution in [3.8, 4) is 5.75 Å². The van der Waals surface area contributed by atoms with E-state index < -0.39 is 6.10 Å². The van der Waals surface area contributed by atoms with Gasteiger partial charge in [0.1, 0.15) is 18.5 Å². The van der Waals surface area contributed by atoms with E-state index in [1.807, 2.05) is 32.0 Å². The zero-order valence-corrected chi connectivity index (χ0v) is 14.4. The van der Waals surface area contributed by atoms with Gasteiger partial charge in [-0.2, -0.15) is 0 Å². The van der Waals surface area contributed by atoms with E-state index in [2.05, 4.69) is 21.2 Å². The molecule has 120 valence electrons. The van der Waals surface area contributed by atoms with E-state index in [0.717, 1.165) is 35.2 Å². The van der Waals surface area contributed by atoms with Crippen molar-refractivity contribution < 1.29 is 14.9 Å². The van der Waals surface area contributed by atoms with Crippen LogP contribution < -0.4 is 10.1 Å². The Labute approximate surface area is 135 Å². The highest BCUT2D eigenvalue weighted by molar-refractivity contribution is 9.10. The van der Waals surface area contributed by atoms with E-state index in [0.29, 0.717) is 12.5 Å². The number of aliphatic hydroxyl groups excluding tert-OH is 2. The molecular weight excluding hydrogens is 334 g/mol. The number of hydrogen-bond donors (Lipinski definition) is 3. The summed E-state index contributed by atoms with van der Waals surface area (Å²) in [5.74, 6) is 1.09. The average molecular weight is 360 g/mol. The number of rotatable bonds is 10. The first-order chi connectivity index (χ1) is 10.0. The molecule has 0 aromatic heterocycles. The second kappa shape index (κ2) is 10.2. The summed E-state index contributed by atoms with van der Waals surface area (Å²) in [4.78, 5) is 0. The van der Waals surface area contributed by atoms with Crippen LogP contribution in [0.4, 0.5) is 0 Å². The zero-order valence-electron chi connectivity index (χ0n) is 12.8. The normalized spacial score (nSPS) is 14.0. The Morgan fingerprint density at radius 1 is 1.38 bits per heavy atom. The predicted octanol–water partition coefficient (Wildman–Crippen LogP) is 2.50. The summed E-state index contributed by atoms with van der Waals surface area (Å²) in [7, 11) is 0. The smallest absolute Gasteiger partial charge is 0.133 e. The van der Waals surface area contributed by atoms with Crippen LogP contribution in [0.5, 0.6) is 5.75 Å². The average Bonchev–Trinajstić information content (AvgIpc) is 2.45. The van der Waals surface area contributed by atoms with Crippen molar-refractivity contribution in [1.82, 2.24) is 5.32 Å². The Balaban J connectivity index is 2.15. The molecule has 0 aliphatic carbocycles. The fraction of sp³-hybridized carbons (Fsp3) is 0.625. The maximum atomic E-state index is 9.87. The topological polar surface area (TPSA) is 61.7 Å². The molecule has 0 radical (unpaired) electrons. The molecule has 1 rings (SSSR count). The van der Waals surface area contributed by atoms with E-state index in [1.54, 1.807) is 0 Å². The van der Waals surface area contributed by atoms with Gasteiger partial charge in [-0.1, -0.05) is 13.0 Å². The van der Waals surface area contributed by atoms with Gasteiger partial charge >= 0.3 is 0 Å². The first-order valence-corrected chi connectivity index (χ1v) is 8.20. The Hall–Kier alpha value is -0.620. The van der Waals surface area contributed by atoms with Gasteiger partial charge in [-0.05, 0) is 65.9 Å². The van der Waals surface area contributed by atoms with Crippen LogP contribution in [0.15, 0.2) is 22.7 Å². The fourth-order valence-electron chi connectivity index (χ4n) is 1.90. The minimum Gasteiger partial charge on any atom is -0.490 e. The minimum atomic E-state index is -0.534. The third-order valence-corrected chi connectivity index (χ3v) is 3.88. The fourth-order valence-corrected chi connectivity index (χ4v) is 2.51. The summed E-state index contributed by atoms with van der Waals surface area (Å²) in [5, 5.41) is 22.0. The van der Waals surface area contributed by atoms with Crippen molar-refractivity contribution in [2.45, 2.75) is 32.8 Å². The molecule has 2 unspecified atom stereocenters. The van der Waals surface area contributed by atoms with Crippen LogP contribution in [0.3, 0.4) is 0 Å². The van der Waals surface area contributed by atoms with Crippen LogP contribution in [-0.4, -0.2) is 42.6 Å². The summed E-state index contributed by atoms with van der Waals surface area (Å²) in [6.07, 6.45) is 1.46. The highest BCUT2D eigenvalue weighted by Crippen LogP contribution is 2.25. The third kappa shape index (κ3) is 7.81. The number of hydrogen-bond acceptors (Lipinski definition) is 4. The van der Waals surface area contributed by atoms with Crippen LogP contribution in [0.25, 0.3) is 0 Å². The van der Waals surface area contributed by atoms with E-state index in [-0.39, 0.29) is 13.2 Å². The van der Waals surface area contributed by atoms with E-state index in [4.69, 9.17) is 9.84 Å². The van der Waals surface area contributed by atoms with Gasteiger partial charge in [-0.3, -0.25) is 0 Å². The quantitative estimate of drug-likeness (QED) is 0.561. The first-order valence-electron chi connectivity index (χ1n) is 7.41. The molecule has 21 heavy (non-hydrogen) atoms. The van der Waals surface area contributed by atoms with Crippen LogP contribution in [0.1, 0.15) is 25.3 Å². The summed E-state index contributed by atoms with van der Waals surface area (Å²) >= 11 is 3.45. The molecule has 0 bridgehead atoms. The maximum absolute atomic E-state index is 9.87. The number of nitrogens with one attached hydrogen (secondary N) is 1. The van der Waals surface area contributed by atoms with Crippen molar-refractivity contribution in [3.63, 3.8) is 0 Å². The lowest BCUT2D eigenvalue weighted by Gasteiger charge is -2.15. The number of benzene rings is 1. The van der Waals surface area contributed by atoms with Crippen LogP contribution in [0.2, 0.25) is 0 Å². The largest absolute Gasteiger partial charge is 0.490 e. The van der Waals surface area contributed by atoms with E-state index in [9.17, 15) is 5.11 Å². The van der Waals surface area contributed by atoms with Crippen molar-refractivity contribution in [2.75, 3.05) is 26.3 Å². The molecule has 3 N–H and O–H groups in total. The van der Waals surface area contributed by atoms with E-state index >= 15 is 0 Å². The number of aliphatic hydroxyl groups is 2. The number of halogens is 1. The molecule has 2 atom stereocenters. The lowest BCUT2D eigenvalue weighted by atomic mass is 10.1. The molecule has 0 saturated carbocycles. The molecule has 0 heterocycles. The summed E-state index contributed by atoms with van der Waals surface area (Å²) < 4.78 is 6.50. The predicted molar refractivity (Wildman–Crippen MR) is 88.7 cm³/mol. The summed E-state index contributed by atoms with van der Waals surface area (Å²) in [6, 6.07) is 5.87. The standard InChI is InChI=1S/C16H26BrNO3/c1-12-5-6-16(15(17)8-12)21-11-14(20)9-18-7-3-4-13(2)10-19/h5-6,8,13-14,18-20H,3-4,7,9-11H2,1-2H3. The number of ether oxygens (including phenoxy) is 1. The van der Waals surface area contributed by atoms with Gasteiger partial charge in [0.2, 0.25) is 0 Å². The van der Waals surface area contributed by atoms with Crippen molar-refractivity contribution in [1.29, 1.82) is 0 Å². The molecule has 0 fully saturated rings. The lowest BCUT2D eigenvalue weighted by molar-refractivity contribution is 0.106. The molecule has 5 heteroatoms. The highest BCUT2D eigenvalue weighted by atomic mass is 79.9. The molecule has 0 saturated heterocycles. The van der Waals surface area contributed by atoms with Gasteiger partial charge in [-0.25, -0.2) is 0 Å². The van der Waals surface area contributed by atoms with Gasteiger partial charge in [-0.15, -0.1) is 0 Å². The van der Waals surface area contributed by atoms with Crippen LogP contribution in [-0.2, 0) is 0 Å². The molecular formula is C16H26BrNO3. The van der Waals surface area contributed by atoms with Gasteiger partial charge in [0.25, 0.3) is 0 Å². The molecule has 1 aromatic rings. The molecule has 0 aliphatic rings. The zero-order chi connectivity index (χ0) is 15.7. The van der Waals surface area contributed by atoms with Crippen molar-refractivity contribution >= 4 is 15.9 Å². The third-order valence-electron chi connectivity index (χ3n) is 3.26. The van der Waals surface area contributed by atoms with Gasteiger partial charge in [0.05, 0.1) is 4.47 Å². The van der Waals surface area contributed by atoms with Gasteiger partial charge in [0, 0.05) is 13.2 Å². The minimum absolute atomic E-state index is 0.238. The van der Waals surface area contributed by atoms with Crippen LogP contribution >= 0.6 is 15.9 Å². The molecule has 0 aliphatic heterocycles. The lowest BCUT2D eigenvalue weighted by Crippen LogP contribution is -2.32. The molecule has 4 nitrogen and oxygen atoms in total. The van der Waals surface area contributed by atoms with E-state index in [1.165, 1.54) is 0 Å². The van der Waals surface area contributed by atoms with Crippen LogP contribution in [0, 0.1) is 12.8 Å². The Morgan fingerprint density at radius 2 is 2.14 bits per heavy atom. The second-order valence-electron chi connectivity index (χ2n) is 5.53. The monoisotopic (exact) mass is 359 g/mol. The highest BCUT2D eigenvalue weighted by Gasteiger charge is 2.07. The second-order valence-corrected chi connectivity index (χ2v) is 6.39. The number of aryl methyl sites for hydroxylation is 1. The SMILES string of the molecule is Cc1ccc(OCC(O)CNCCCC(C)CO)c(Br)c1. The van der Waals surface area contributed by atoms with Crippen molar-refractivity contribution in [2.24, 2.45) is 5.92 Å². The van der Waals surface area contributed by atoms with Gasteiger partial charge in [0.15, 0.2) is 0 Å². The summed E-state index contributed by atoms with van der Waals surface area (Å²) in [6.45, 7) is 5.91. The molecule has 0 amide bonds. The van der Waals surface area contributed by atoms with Gasteiger partial charge < -0.3 is 20.3 Å².